The molecule has 0 bridgehead atoms. The molecule has 1 aliphatic heterocycles. The largest absolute Gasteiger partial charge is 0.347 e. The average Bonchev–Trinajstić information content (AvgIpc) is 2.44. The summed E-state index contributed by atoms with van der Waals surface area (Å²) in [6, 6.07) is 1.77. The number of nitrogens with zero attached hydrogens (tertiary/aromatic N) is 1. The predicted octanol–water partition coefficient (Wildman–Crippen LogP) is 2.03. The highest BCUT2D eigenvalue weighted by Gasteiger charge is 2.31. The maximum absolute atomic E-state index is 13.8. The van der Waals surface area contributed by atoms with Crippen LogP contribution in [0.3, 0.4) is 0 Å². The molecule has 0 aliphatic carbocycles. The third kappa shape index (κ3) is 2.80. The van der Waals surface area contributed by atoms with Gasteiger partial charge in [0.2, 0.25) is 5.91 Å². The second-order valence-corrected chi connectivity index (χ2v) is 5.23. The lowest BCUT2D eigenvalue weighted by Gasteiger charge is -2.31. The molecule has 1 aliphatic rings. The highest BCUT2D eigenvalue weighted by molar-refractivity contribution is 5.81. The molecule has 1 fully saturated rings. The predicted molar refractivity (Wildman–Crippen MR) is 68.8 cm³/mol. The molecule has 2 unspecified atom stereocenters. The molecule has 1 N–H and O–H groups in total. The lowest BCUT2D eigenvalue weighted by molar-refractivity contribution is -0.131. The van der Waals surface area contributed by atoms with Crippen molar-refractivity contribution in [3.8, 4) is 0 Å². The summed E-state index contributed by atoms with van der Waals surface area (Å²) in [5, 5.41) is 3.06. The van der Waals surface area contributed by atoms with Gasteiger partial charge in [0.15, 0.2) is 17.5 Å². The van der Waals surface area contributed by atoms with Crippen LogP contribution in [0.4, 0.5) is 13.2 Å². The van der Waals surface area contributed by atoms with Crippen molar-refractivity contribution in [3.05, 3.63) is 35.1 Å². The van der Waals surface area contributed by atoms with Gasteiger partial charge in [-0.1, -0.05) is 6.07 Å². The molecule has 110 valence electrons. The zero-order valence-corrected chi connectivity index (χ0v) is 11.4. The Bertz CT molecular complexity index is 519. The lowest BCUT2D eigenvalue weighted by Crippen LogP contribution is -2.47. The van der Waals surface area contributed by atoms with Gasteiger partial charge in [0.1, 0.15) is 0 Å². The molecule has 1 aromatic rings. The first-order valence-electron chi connectivity index (χ1n) is 6.49. The minimum atomic E-state index is -1.45. The third-order valence-electron chi connectivity index (χ3n) is 3.65. The normalized spacial score (nSPS) is 22.6. The summed E-state index contributed by atoms with van der Waals surface area (Å²) in [6.07, 6.45) is 0.957. The monoisotopic (exact) mass is 286 g/mol. The third-order valence-corrected chi connectivity index (χ3v) is 3.65. The molecule has 1 amide bonds. The van der Waals surface area contributed by atoms with Gasteiger partial charge in [-0.25, -0.2) is 13.2 Å². The van der Waals surface area contributed by atoms with Crippen molar-refractivity contribution in [2.45, 2.75) is 24.8 Å². The fourth-order valence-electron chi connectivity index (χ4n) is 2.56. The molecule has 0 spiro atoms. The molecule has 0 saturated carbocycles. The van der Waals surface area contributed by atoms with E-state index >= 15 is 0 Å². The number of halogens is 3. The van der Waals surface area contributed by atoms with Crippen LogP contribution in [0.2, 0.25) is 0 Å². The highest BCUT2D eigenvalue weighted by atomic mass is 19.2. The summed E-state index contributed by atoms with van der Waals surface area (Å²) in [5.41, 5.74) is 0.141. The van der Waals surface area contributed by atoms with Crippen LogP contribution >= 0.6 is 0 Å². The van der Waals surface area contributed by atoms with Gasteiger partial charge in [-0.05, 0) is 36.9 Å². The number of amides is 1. The van der Waals surface area contributed by atoms with E-state index in [-0.39, 0.29) is 17.4 Å². The molecule has 0 aromatic heterocycles. The van der Waals surface area contributed by atoms with E-state index in [9.17, 15) is 18.0 Å². The Morgan fingerprint density at radius 1 is 1.25 bits per heavy atom. The van der Waals surface area contributed by atoms with Gasteiger partial charge in [-0.2, -0.15) is 0 Å². The van der Waals surface area contributed by atoms with Crippen molar-refractivity contribution in [2.75, 3.05) is 20.6 Å². The van der Waals surface area contributed by atoms with Crippen molar-refractivity contribution in [1.82, 2.24) is 10.2 Å². The Kier molecular flexibility index (Phi) is 4.32. The van der Waals surface area contributed by atoms with Crippen molar-refractivity contribution < 1.29 is 18.0 Å². The van der Waals surface area contributed by atoms with Gasteiger partial charge >= 0.3 is 0 Å². The Hall–Kier alpha value is -1.56. The molecule has 20 heavy (non-hydrogen) atoms. The molecule has 1 heterocycles. The number of hydrogen-bond donors (Lipinski definition) is 1. The molecule has 2 rings (SSSR count). The minimum Gasteiger partial charge on any atom is -0.347 e. The van der Waals surface area contributed by atoms with Crippen LogP contribution in [-0.4, -0.2) is 37.5 Å². The smallest absolute Gasteiger partial charge is 0.239 e. The number of nitrogens with one attached hydrogen (secondary N) is 1. The van der Waals surface area contributed by atoms with Gasteiger partial charge < -0.3 is 10.2 Å². The van der Waals surface area contributed by atoms with Gasteiger partial charge in [-0.15, -0.1) is 0 Å². The second-order valence-electron chi connectivity index (χ2n) is 5.23. The molecule has 1 aromatic carbocycles. The van der Waals surface area contributed by atoms with Crippen LogP contribution in [-0.2, 0) is 4.79 Å². The van der Waals surface area contributed by atoms with Crippen LogP contribution < -0.4 is 5.32 Å². The Balaban J connectivity index is 2.21. The number of benzene rings is 1. The summed E-state index contributed by atoms with van der Waals surface area (Å²) in [4.78, 5) is 13.4. The van der Waals surface area contributed by atoms with Gasteiger partial charge in [0.25, 0.3) is 0 Å². The molecular weight excluding hydrogens is 269 g/mol. The fourth-order valence-corrected chi connectivity index (χ4v) is 2.56. The Morgan fingerprint density at radius 2 is 1.95 bits per heavy atom. The van der Waals surface area contributed by atoms with Crippen LogP contribution in [0.1, 0.15) is 24.3 Å². The van der Waals surface area contributed by atoms with E-state index in [1.54, 1.807) is 14.1 Å². The van der Waals surface area contributed by atoms with E-state index in [1.165, 1.54) is 11.0 Å². The first-order chi connectivity index (χ1) is 9.41. The molecule has 2 atom stereocenters. The van der Waals surface area contributed by atoms with Gasteiger partial charge in [0.05, 0.1) is 6.04 Å². The number of likely N-dealkylation sites (N-methyl/N-ethyl adjacent to an activating group) is 1. The number of piperidine rings is 1. The summed E-state index contributed by atoms with van der Waals surface area (Å²) in [5.74, 6) is -4.18. The van der Waals surface area contributed by atoms with Crippen LogP contribution in [0, 0.1) is 17.5 Å². The summed E-state index contributed by atoms with van der Waals surface area (Å²) in [6.45, 7) is 0.535. The number of hydrogen-bond acceptors (Lipinski definition) is 2. The van der Waals surface area contributed by atoms with E-state index < -0.39 is 23.5 Å². The van der Waals surface area contributed by atoms with Crippen molar-refractivity contribution >= 4 is 5.91 Å². The molecular formula is C14H17F3N2O. The maximum Gasteiger partial charge on any atom is 0.239 e. The number of carbonyl (C=O) groups excluding carboxylic acids is 1. The van der Waals surface area contributed by atoms with Crippen molar-refractivity contribution in [3.63, 3.8) is 0 Å². The molecule has 6 heteroatoms. The second kappa shape index (κ2) is 5.83. The zero-order chi connectivity index (χ0) is 14.9. The lowest BCUT2D eigenvalue weighted by atomic mass is 9.85. The van der Waals surface area contributed by atoms with Crippen molar-refractivity contribution in [2.24, 2.45) is 0 Å². The van der Waals surface area contributed by atoms with Crippen molar-refractivity contribution in [1.29, 1.82) is 0 Å². The molecule has 1 saturated heterocycles. The molecule has 0 radical (unpaired) electrons. The quantitative estimate of drug-likeness (QED) is 0.844. The van der Waals surface area contributed by atoms with Crippen LogP contribution in [0.5, 0.6) is 0 Å². The van der Waals surface area contributed by atoms with E-state index in [1.807, 2.05) is 0 Å². The number of rotatable bonds is 2. The highest BCUT2D eigenvalue weighted by Crippen LogP contribution is 2.31. The van der Waals surface area contributed by atoms with E-state index in [4.69, 9.17) is 0 Å². The minimum absolute atomic E-state index is 0.0994. The van der Waals surface area contributed by atoms with E-state index in [0.717, 1.165) is 6.07 Å². The SMILES string of the molecule is CN(C)C(=O)C1CC(c2ccc(F)c(F)c2F)CCN1. The van der Waals surface area contributed by atoms with Crippen LogP contribution in [0.15, 0.2) is 12.1 Å². The topological polar surface area (TPSA) is 32.3 Å². The maximum atomic E-state index is 13.8. The summed E-state index contributed by atoms with van der Waals surface area (Å²) < 4.78 is 40.0. The van der Waals surface area contributed by atoms with E-state index in [2.05, 4.69) is 5.32 Å². The van der Waals surface area contributed by atoms with Gasteiger partial charge in [0, 0.05) is 14.1 Å². The standard InChI is InChI=1S/C14H17F3N2O/c1-19(2)14(20)11-7-8(5-6-18-11)9-3-4-10(15)13(17)12(9)16/h3-4,8,11,18H,5-7H2,1-2H3. The van der Waals surface area contributed by atoms with Crippen LogP contribution in [0.25, 0.3) is 0 Å². The first kappa shape index (κ1) is 14.8. The number of carbonyl (C=O) groups is 1. The zero-order valence-electron chi connectivity index (χ0n) is 11.4. The Morgan fingerprint density at radius 3 is 2.60 bits per heavy atom. The summed E-state index contributed by atoms with van der Waals surface area (Å²) in [7, 11) is 3.29. The summed E-state index contributed by atoms with van der Waals surface area (Å²) >= 11 is 0. The first-order valence-corrected chi connectivity index (χ1v) is 6.49. The molecule has 3 nitrogen and oxygen atoms in total. The average molecular weight is 286 g/mol. The Labute approximate surface area is 115 Å². The van der Waals surface area contributed by atoms with E-state index in [0.29, 0.717) is 19.4 Å². The fraction of sp³-hybridized carbons (Fsp3) is 0.500. The van der Waals surface area contributed by atoms with Gasteiger partial charge in [-0.3, -0.25) is 4.79 Å².